The van der Waals surface area contributed by atoms with Crippen LogP contribution in [0.25, 0.3) is 0 Å². The third-order valence-electron chi connectivity index (χ3n) is 2.70. The molecule has 1 aromatic rings. The van der Waals surface area contributed by atoms with E-state index in [-0.39, 0.29) is 18.3 Å². The van der Waals surface area contributed by atoms with E-state index in [2.05, 4.69) is 15.5 Å². The number of rotatable bonds is 6. The van der Waals surface area contributed by atoms with Gasteiger partial charge in [-0.05, 0) is 24.6 Å². The van der Waals surface area contributed by atoms with Crippen molar-refractivity contribution in [1.82, 2.24) is 15.2 Å². The molecule has 0 aliphatic carbocycles. The van der Waals surface area contributed by atoms with E-state index in [1.54, 1.807) is 30.3 Å². The lowest BCUT2D eigenvalue weighted by atomic mass is 10.2. The third-order valence-corrected chi connectivity index (χ3v) is 2.70. The SMILES string of the molecule is CCN(C)C(=O)CNCc1ccnc(/C(N)=N/O)c1. The topological polar surface area (TPSA) is 104 Å². The second-order valence-electron chi connectivity index (χ2n) is 4.05. The van der Waals surface area contributed by atoms with Crippen LogP contribution in [0.15, 0.2) is 23.5 Å². The standard InChI is InChI=1S/C12H19N5O2/c1-3-17(2)11(18)8-14-7-9-4-5-15-10(6-9)12(13)16-19/h4-6,14,19H,3,7-8H2,1-2H3,(H2,13,16). The first kappa shape index (κ1) is 14.9. The zero-order chi connectivity index (χ0) is 14.3. The maximum absolute atomic E-state index is 11.6. The Labute approximate surface area is 112 Å². The molecule has 0 aliphatic rings. The van der Waals surface area contributed by atoms with Gasteiger partial charge in [-0.25, -0.2) is 0 Å². The summed E-state index contributed by atoms with van der Waals surface area (Å²) in [5.41, 5.74) is 6.76. The van der Waals surface area contributed by atoms with Gasteiger partial charge in [0.25, 0.3) is 0 Å². The summed E-state index contributed by atoms with van der Waals surface area (Å²) in [6.07, 6.45) is 1.57. The van der Waals surface area contributed by atoms with Crippen LogP contribution in [0.2, 0.25) is 0 Å². The molecular weight excluding hydrogens is 246 g/mol. The van der Waals surface area contributed by atoms with Crippen molar-refractivity contribution < 1.29 is 10.0 Å². The highest BCUT2D eigenvalue weighted by Gasteiger charge is 2.06. The number of carbonyl (C=O) groups excluding carboxylic acids is 1. The second-order valence-corrected chi connectivity index (χ2v) is 4.05. The largest absolute Gasteiger partial charge is 0.409 e. The maximum atomic E-state index is 11.6. The molecule has 0 fully saturated rings. The highest BCUT2D eigenvalue weighted by molar-refractivity contribution is 5.95. The number of nitrogens with two attached hydrogens (primary N) is 1. The monoisotopic (exact) mass is 265 g/mol. The number of amidine groups is 1. The molecule has 0 unspecified atom stereocenters. The molecule has 0 saturated carbocycles. The van der Waals surface area contributed by atoms with Crippen molar-refractivity contribution in [2.24, 2.45) is 10.9 Å². The molecule has 0 aliphatic heterocycles. The molecule has 0 radical (unpaired) electrons. The Kier molecular flexibility index (Phi) is 5.74. The van der Waals surface area contributed by atoms with Crippen molar-refractivity contribution in [2.45, 2.75) is 13.5 Å². The van der Waals surface area contributed by atoms with Crippen LogP contribution in [0.1, 0.15) is 18.2 Å². The van der Waals surface area contributed by atoms with Crippen LogP contribution in [0.4, 0.5) is 0 Å². The van der Waals surface area contributed by atoms with E-state index < -0.39 is 0 Å². The van der Waals surface area contributed by atoms with Gasteiger partial charge in [-0.2, -0.15) is 0 Å². The minimum Gasteiger partial charge on any atom is -0.409 e. The lowest BCUT2D eigenvalue weighted by molar-refractivity contribution is -0.128. The van der Waals surface area contributed by atoms with Gasteiger partial charge in [0.2, 0.25) is 5.91 Å². The van der Waals surface area contributed by atoms with Gasteiger partial charge >= 0.3 is 0 Å². The first-order valence-corrected chi connectivity index (χ1v) is 5.96. The molecule has 7 heteroatoms. The van der Waals surface area contributed by atoms with E-state index in [9.17, 15) is 4.79 Å². The molecule has 0 bridgehead atoms. The third kappa shape index (κ3) is 4.55. The fourth-order valence-corrected chi connectivity index (χ4v) is 1.40. The molecule has 1 amide bonds. The summed E-state index contributed by atoms with van der Waals surface area (Å²) in [7, 11) is 1.76. The first-order valence-electron chi connectivity index (χ1n) is 5.96. The van der Waals surface area contributed by atoms with Crippen molar-refractivity contribution in [3.8, 4) is 0 Å². The molecule has 0 atom stereocenters. The number of aromatic nitrogens is 1. The van der Waals surface area contributed by atoms with Crippen LogP contribution in [-0.4, -0.2) is 47.0 Å². The number of pyridine rings is 1. The van der Waals surface area contributed by atoms with Crippen molar-refractivity contribution in [3.63, 3.8) is 0 Å². The summed E-state index contributed by atoms with van der Waals surface area (Å²) >= 11 is 0. The van der Waals surface area contributed by atoms with E-state index in [4.69, 9.17) is 10.9 Å². The van der Waals surface area contributed by atoms with Gasteiger partial charge in [0.05, 0.1) is 6.54 Å². The van der Waals surface area contributed by atoms with Gasteiger partial charge in [-0.1, -0.05) is 5.16 Å². The van der Waals surface area contributed by atoms with Crippen LogP contribution in [-0.2, 0) is 11.3 Å². The fraction of sp³-hybridized carbons (Fsp3) is 0.417. The average Bonchev–Trinajstić information content (AvgIpc) is 2.45. The Bertz CT molecular complexity index is 461. The Balaban J connectivity index is 2.52. The zero-order valence-electron chi connectivity index (χ0n) is 11.1. The summed E-state index contributed by atoms with van der Waals surface area (Å²) in [6, 6.07) is 3.51. The maximum Gasteiger partial charge on any atom is 0.236 e. The Morgan fingerprint density at radius 2 is 2.37 bits per heavy atom. The van der Waals surface area contributed by atoms with Crippen LogP contribution >= 0.6 is 0 Å². The summed E-state index contributed by atoms with van der Waals surface area (Å²) in [6.45, 7) is 3.39. The highest BCUT2D eigenvalue weighted by atomic mass is 16.4. The lowest BCUT2D eigenvalue weighted by Gasteiger charge is -2.14. The molecule has 0 spiro atoms. The van der Waals surface area contributed by atoms with Crippen molar-refractivity contribution in [1.29, 1.82) is 0 Å². The Morgan fingerprint density at radius 1 is 1.63 bits per heavy atom. The molecule has 104 valence electrons. The predicted octanol–water partition coefficient (Wildman–Crippen LogP) is -0.256. The molecule has 19 heavy (non-hydrogen) atoms. The highest BCUT2D eigenvalue weighted by Crippen LogP contribution is 2.01. The van der Waals surface area contributed by atoms with Gasteiger partial charge in [0, 0.05) is 26.3 Å². The smallest absolute Gasteiger partial charge is 0.236 e. The summed E-state index contributed by atoms with van der Waals surface area (Å²) in [4.78, 5) is 17.2. The van der Waals surface area contributed by atoms with Crippen LogP contribution < -0.4 is 11.1 Å². The van der Waals surface area contributed by atoms with Gasteiger partial charge in [-0.3, -0.25) is 9.78 Å². The quantitative estimate of drug-likeness (QED) is 0.285. The number of nitrogens with zero attached hydrogens (tertiary/aromatic N) is 3. The van der Waals surface area contributed by atoms with E-state index in [1.807, 2.05) is 6.92 Å². The molecular formula is C12H19N5O2. The van der Waals surface area contributed by atoms with E-state index >= 15 is 0 Å². The van der Waals surface area contributed by atoms with E-state index in [1.165, 1.54) is 0 Å². The Morgan fingerprint density at radius 3 is 3.00 bits per heavy atom. The first-order chi connectivity index (χ1) is 9.08. The number of likely N-dealkylation sites (N-methyl/N-ethyl adjacent to an activating group) is 1. The second kappa shape index (κ2) is 7.32. The summed E-state index contributed by atoms with van der Waals surface area (Å²) in [5.74, 6) is -0.00291. The van der Waals surface area contributed by atoms with Crippen LogP contribution in [0.5, 0.6) is 0 Å². The van der Waals surface area contributed by atoms with Gasteiger partial charge < -0.3 is 21.2 Å². The van der Waals surface area contributed by atoms with Crippen molar-refractivity contribution >= 4 is 11.7 Å². The van der Waals surface area contributed by atoms with Crippen molar-refractivity contribution in [2.75, 3.05) is 20.1 Å². The molecule has 0 aromatic carbocycles. The molecule has 1 aromatic heterocycles. The minimum absolute atomic E-state index is 0.0354. The number of nitrogens with one attached hydrogen (secondary N) is 1. The summed E-state index contributed by atoms with van der Waals surface area (Å²) in [5, 5.41) is 14.5. The fourth-order valence-electron chi connectivity index (χ4n) is 1.40. The molecule has 1 heterocycles. The van der Waals surface area contributed by atoms with Gasteiger partial charge in [-0.15, -0.1) is 0 Å². The number of carbonyl (C=O) groups is 1. The van der Waals surface area contributed by atoms with Crippen molar-refractivity contribution in [3.05, 3.63) is 29.6 Å². The molecule has 1 rings (SSSR count). The minimum atomic E-state index is -0.0383. The zero-order valence-corrected chi connectivity index (χ0v) is 11.1. The van der Waals surface area contributed by atoms with E-state index in [0.717, 1.165) is 5.56 Å². The van der Waals surface area contributed by atoms with E-state index in [0.29, 0.717) is 18.8 Å². The van der Waals surface area contributed by atoms with Crippen LogP contribution in [0, 0.1) is 0 Å². The lowest BCUT2D eigenvalue weighted by Crippen LogP contribution is -2.35. The predicted molar refractivity (Wildman–Crippen MR) is 71.8 cm³/mol. The number of hydrogen-bond donors (Lipinski definition) is 3. The average molecular weight is 265 g/mol. The van der Waals surface area contributed by atoms with Crippen LogP contribution in [0.3, 0.4) is 0 Å². The van der Waals surface area contributed by atoms with Gasteiger partial charge in [0.15, 0.2) is 5.84 Å². The Hall–Kier alpha value is -2.15. The normalized spacial score (nSPS) is 11.4. The molecule has 7 nitrogen and oxygen atoms in total. The summed E-state index contributed by atoms with van der Waals surface area (Å²) < 4.78 is 0. The number of oxime groups is 1. The molecule has 4 N–H and O–H groups in total. The van der Waals surface area contributed by atoms with Gasteiger partial charge in [0.1, 0.15) is 5.69 Å². The number of amides is 1. The number of hydrogen-bond acceptors (Lipinski definition) is 5. The molecule has 0 saturated heterocycles.